The highest BCUT2D eigenvalue weighted by Gasteiger charge is 2.07. The molecule has 7 nitrogen and oxygen atoms in total. The molecule has 4 N–H and O–H groups in total. The topological polar surface area (TPSA) is 98.0 Å². The first kappa shape index (κ1) is 19.6. The fourth-order valence-corrected chi connectivity index (χ4v) is 1.99. The van der Waals surface area contributed by atoms with Crippen LogP contribution in [0.2, 0.25) is 0 Å². The maximum absolute atomic E-state index is 11.6. The number of nitrogens with one attached hydrogen (secondary N) is 2. The third kappa shape index (κ3) is 7.21. The van der Waals surface area contributed by atoms with E-state index in [1.54, 1.807) is 0 Å². The molecule has 7 heteroatoms. The van der Waals surface area contributed by atoms with E-state index in [-0.39, 0.29) is 24.3 Å². The number of hydrogen-bond donors (Lipinski definition) is 3. The van der Waals surface area contributed by atoms with Crippen molar-refractivity contribution in [3.63, 3.8) is 0 Å². The summed E-state index contributed by atoms with van der Waals surface area (Å²) >= 11 is 0. The summed E-state index contributed by atoms with van der Waals surface area (Å²) in [5.41, 5.74) is 6.57. The molecule has 1 rings (SSSR count). The number of rotatable bonds is 9. The van der Waals surface area contributed by atoms with Crippen LogP contribution in [-0.4, -0.2) is 37.7 Å². The van der Waals surface area contributed by atoms with Crippen LogP contribution in [0.1, 0.15) is 34.1 Å². The SMILES string of the molecule is CCOc1ccc(OCC)c(NC(N)=NCCC(=O)NC(C)C)c1. The van der Waals surface area contributed by atoms with Crippen LogP contribution < -0.4 is 25.8 Å². The molecule has 1 aromatic carbocycles. The number of guanidine groups is 1. The van der Waals surface area contributed by atoms with Crippen LogP contribution >= 0.6 is 0 Å². The molecule has 24 heavy (non-hydrogen) atoms. The molecule has 1 amide bonds. The molecule has 0 atom stereocenters. The van der Waals surface area contributed by atoms with Gasteiger partial charge in [0.15, 0.2) is 5.96 Å². The summed E-state index contributed by atoms with van der Waals surface area (Å²) in [6.45, 7) is 9.07. The lowest BCUT2D eigenvalue weighted by Crippen LogP contribution is -2.30. The predicted octanol–water partition coefficient (Wildman–Crippen LogP) is 2.13. The molecule has 0 unspecified atom stereocenters. The van der Waals surface area contributed by atoms with Crippen LogP contribution in [0.3, 0.4) is 0 Å². The van der Waals surface area contributed by atoms with E-state index in [0.29, 0.717) is 36.9 Å². The van der Waals surface area contributed by atoms with Crippen molar-refractivity contribution in [1.29, 1.82) is 0 Å². The first-order chi connectivity index (χ1) is 11.5. The standard InChI is InChI=1S/C17H28N4O3/c1-5-23-13-7-8-15(24-6-2)14(11-13)21-17(18)19-10-9-16(22)20-12(3)4/h7-8,11-12H,5-6,9-10H2,1-4H3,(H,20,22)(H3,18,19,21). The second kappa shape index (κ2) is 10.4. The molecular weight excluding hydrogens is 308 g/mol. The van der Waals surface area contributed by atoms with Gasteiger partial charge in [0.1, 0.15) is 11.5 Å². The molecule has 0 saturated carbocycles. The summed E-state index contributed by atoms with van der Waals surface area (Å²) in [7, 11) is 0. The van der Waals surface area contributed by atoms with E-state index in [4.69, 9.17) is 15.2 Å². The van der Waals surface area contributed by atoms with E-state index in [1.165, 1.54) is 0 Å². The fourth-order valence-electron chi connectivity index (χ4n) is 1.99. The van der Waals surface area contributed by atoms with Crippen molar-refractivity contribution in [2.75, 3.05) is 25.1 Å². The second-order valence-corrected chi connectivity index (χ2v) is 5.39. The molecule has 0 aliphatic carbocycles. The quantitative estimate of drug-likeness (QED) is 0.474. The number of hydrogen-bond acceptors (Lipinski definition) is 4. The molecule has 0 fully saturated rings. The van der Waals surface area contributed by atoms with Crippen LogP contribution in [0, 0.1) is 0 Å². The molecular formula is C17H28N4O3. The fraction of sp³-hybridized carbons (Fsp3) is 0.529. The van der Waals surface area contributed by atoms with Gasteiger partial charge in [-0.05, 0) is 39.8 Å². The van der Waals surface area contributed by atoms with Crippen molar-refractivity contribution < 1.29 is 14.3 Å². The molecule has 0 aromatic heterocycles. The summed E-state index contributed by atoms with van der Waals surface area (Å²) in [6.07, 6.45) is 0.290. The van der Waals surface area contributed by atoms with Gasteiger partial charge in [0.25, 0.3) is 0 Å². The van der Waals surface area contributed by atoms with Crippen LogP contribution in [-0.2, 0) is 4.79 Å². The molecule has 0 saturated heterocycles. The summed E-state index contributed by atoms with van der Waals surface area (Å²) < 4.78 is 11.0. The van der Waals surface area contributed by atoms with Gasteiger partial charge in [-0.2, -0.15) is 0 Å². The van der Waals surface area contributed by atoms with Gasteiger partial charge >= 0.3 is 0 Å². The second-order valence-electron chi connectivity index (χ2n) is 5.39. The summed E-state index contributed by atoms with van der Waals surface area (Å²) in [5, 5.41) is 5.81. The van der Waals surface area contributed by atoms with E-state index in [1.807, 2.05) is 45.9 Å². The largest absolute Gasteiger partial charge is 0.494 e. The minimum Gasteiger partial charge on any atom is -0.494 e. The van der Waals surface area contributed by atoms with Gasteiger partial charge in [-0.3, -0.25) is 9.79 Å². The first-order valence-corrected chi connectivity index (χ1v) is 8.22. The molecule has 0 bridgehead atoms. The Balaban J connectivity index is 2.69. The molecule has 0 spiro atoms. The van der Waals surface area contributed by atoms with Crippen molar-refractivity contribution in [3.05, 3.63) is 18.2 Å². The highest BCUT2D eigenvalue weighted by atomic mass is 16.5. The van der Waals surface area contributed by atoms with Crippen molar-refractivity contribution in [2.45, 2.75) is 40.2 Å². The number of carbonyl (C=O) groups excluding carboxylic acids is 1. The molecule has 134 valence electrons. The van der Waals surface area contributed by atoms with Crippen molar-refractivity contribution >= 4 is 17.6 Å². The van der Waals surface area contributed by atoms with Gasteiger partial charge in [-0.25, -0.2) is 0 Å². The predicted molar refractivity (Wildman–Crippen MR) is 96.8 cm³/mol. The number of ether oxygens (including phenoxy) is 2. The summed E-state index contributed by atoms with van der Waals surface area (Å²) in [6, 6.07) is 5.58. The Morgan fingerprint density at radius 1 is 1.25 bits per heavy atom. The number of nitrogens with zero attached hydrogens (tertiary/aromatic N) is 1. The molecule has 1 aromatic rings. The first-order valence-electron chi connectivity index (χ1n) is 8.22. The minimum absolute atomic E-state index is 0.0464. The molecule has 0 radical (unpaired) electrons. The Hall–Kier alpha value is -2.44. The molecule has 0 aliphatic heterocycles. The maximum Gasteiger partial charge on any atom is 0.222 e. The summed E-state index contributed by atoms with van der Waals surface area (Å²) in [5.74, 6) is 1.56. The van der Waals surface area contributed by atoms with Gasteiger partial charge in [0.05, 0.1) is 25.4 Å². The van der Waals surface area contributed by atoms with E-state index >= 15 is 0 Å². The monoisotopic (exact) mass is 336 g/mol. The Kier molecular flexibility index (Phi) is 8.46. The Labute approximate surface area is 143 Å². The zero-order chi connectivity index (χ0) is 17.9. The minimum atomic E-state index is -0.0464. The normalized spacial score (nSPS) is 11.3. The van der Waals surface area contributed by atoms with E-state index in [9.17, 15) is 4.79 Å². The number of anilines is 1. The van der Waals surface area contributed by atoms with E-state index < -0.39 is 0 Å². The van der Waals surface area contributed by atoms with Crippen LogP contribution in [0.25, 0.3) is 0 Å². The van der Waals surface area contributed by atoms with Crippen LogP contribution in [0.5, 0.6) is 11.5 Å². The lowest BCUT2D eigenvalue weighted by molar-refractivity contribution is -0.121. The van der Waals surface area contributed by atoms with Gasteiger partial charge in [0.2, 0.25) is 5.91 Å². The van der Waals surface area contributed by atoms with Crippen molar-refractivity contribution in [3.8, 4) is 11.5 Å². The number of amides is 1. The summed E-state index contributed by atoms with van der Waals surface area (Å²) in [4.78, 5) is 15.7. The Morgan fingerprint density at radius 3 is 2.58 bits per heavy atom. The van der Waals surface area contributed by atoms with Gasteiger partial charge < -0.3 is 25.8 Å². The Morgan fingerprint density at radius 2 is 1.96 bits per heavy atom. The van der Waals surface area contributed by atoms with Gasteiger partial charge in [-0.15, -0.1) is 0 Å². The molecule has 0 heterocycles. The number of aliphatic imine (C=N–C) groups is 1. The van der Waals surface area contributed by atoms with Gasteiger partial charge in [-0.1, -0.05) is 0 Å². The number of carbonyl (C=O) groups is 1. The van der Waals surface area contributed by atoms with Gasteiger partial charge in [0, 0.05) is 18.5 Å². The zero-order valence-corrected chi connectivity index (χ0v) is 14.9. The highest BCUT2D eigenvalue weighted by Crippen LogP contribution is 2.29. The Bertz CT molecular complexity index is 559. The average Bonchev–Trinajstić information content (AvgIpc) is 2.49. The number of benzene rings is 1. The van der Waals surface area contributed by atoms with E-state index in [0.717, 1.165) is 0 Å². The van der Waals surface area contributed by atoms with Crippen molar-refractivity contribution in [2.24, 2.45) is 10.7 Å². The smallest absolute Gasteiger partial charge is 0.222 e. The lowest BCUT2D eigenvalue weighted by Gasteiger charge is -2.14. The van der Waals surface area contributed by atoms with Crippen LogP contribution in [0.4, 0.5) is 5.69 Å². The third-order valence-electron chi connectivity index (χ3n) is 2.90. The van der Waals surface area contributed by atoms with Crippen molar-refractivity contribution in [1.82, 2.24) is 5.32 Å². The zero-order valence-electron chi connectivity index (χ0n) is 14.9. The number of nitrogens with two attached hydrogens (primary N) is 1. The maximum atomic E-state index is 11.6. The third-order valence-corrected chi connectivity index (χ3v) is 2.90. The van der Waals surface area contributed by atoms with E-state index in [2.05, 4.69) is 15.6 Å². The average molecular weight is 336 g/mol. The lowest BCUT2D eigenvalue weighted by atomic mass is 10.2. The highest BCUT2D eigenvalue weighted by molar-refractivity contribution is 5.94. The molecule has 0 aliphatic rings. The van der Waals surface area contributed by atoms with Crippen LogP contribution in [0.15, 0.2) is 23.2 Å².